The molecule has 0 saturated carbocycles. The lowest BCUT2D eigenvalue weighted by atomic mass is 10.1. The number of methoxy groups -OCH3 is 1. The summed E-state index contributed by atoms with van der Waals surface area (Å²) in [5.74, 6) is 0.0630. The van der Waals surface area contributed by atoms with Gasteiger partial charge in [0, 0.05) is 20.2 Å². The molecule has 0 spiro atoms. The molecule has 0 radical (unpaired) electrons. The van der Waals surface area contributed by atoms with Gasteiger partial charge in [-0.15, -0.1) is 0 Å². The molecule has 3 unspecified atom stereocenters. The molecule has 1 fully saturated rings. The minimum atomic E-state index is -0.317. The summed E-state index contributed by atoms with van der Waals surface area (Å²) >= 11 is 0. The van der Waals surface area contributed by atoms with Crippen LogP contribution < -0.4 is 5.73 Å². The largest absolute Gasteiger partial charge is 0.383 e. The summed E-state index contributed by atoms with van der Waals surface area (Å²) in [7, 11) is 1.64. The van der Waals surface area contributed by atoms with Gasteiger partial charge in [0.2, 0.25) is 0 Å². The third-order valence-electron chi connectivity index (χ3n) is 3.21. The highest BCUT2D eigenvalue weighted by atomic mass is 16.5. The lowest BCUT2D eigenvalue weighted by Gasteiger charge is -2.29. The van der Waals surface area contributed by atoms with E-state index in [1.807, 2.05) is 18.7 Å². The highest BCUT2D eigenvalue weighted by Crippen LogP contribution is 2.21. The Hall–Kier alpha value is -0.650. The van der Waals surface area contributed by atoms with E-state index in [0.29, 0.717) is 19.7 Å². The summed E-state index contributed by atoms with van der Waals surface area (Å²) in [5, 5.41) is 0. The fraction of sp³-hybridized carbons (Fsp3) is 0.917. The highest BCUT2D eigenvalue weighted by molar-refractivity contribution is 5.81. The van der Waals surface area contributed by atoms with Crippen LogP contribution >= 0.6 is 0 Å². The molecular weight excluding hydrogens is 220 g/mol. The van der Waals surface area contributed by atoms with Gasteiger partial charge in [-0.05, 0) is 26.7 Å². The molecule has 17 heavy (non-hydrogen) atoms. The number of likely N-dealkylation sites (N-methyl/N-ethyl adjacent to an activating group) is 1. The van der Waals surface area contributed by atoms with Crippen molar-refractivity contribution in [3.05, 3.63) is 0 Å². The molecule has 1 amide bonds. The molecule has 1 aliphatic heterocycles. The maximum Gasteiger partial charge on any atom is 0.252 e. The third-order valence-corrected chi connectivity index (χ3v) is 3.21. The Labute approximate surface area is 103 Å². The van der Waals surface area contributed by atoms with Crippen LogP contribution in [0.3, 0.4) is 0 Å². The van der Waals surface area contributed by atoms with Gasteiger partial charge in [-0.25, -0.2) is 0 Å². The third kappa shape index (κ3) is 3.66. The van der Waals surface area contributed by atoms with E-state index < -0.39 is 0 Å². The van der Waals surface area contributed by atoms with Crippen LogP contribution in [0.4, 0.5) is 0 Å². The Morgan fingerprint density at radius 2 is 2.29 bits per heavy atom. The molecule has 0 aliphatic carbocycles. The number of amides is 1. The van der Waals surface area contributed by atoms with Gasteiger partial charge >= 0.3 is 0 Å². The second-order valence-electron chi connectivity index (χ2n) is 4.49. The van der Waals surface area contributed by atoms with Crippen LogP contribution in [0, 0.1) is 0 Å². The van der Waals surface area contributed by atoms with Gasteiger partial charge in [0.1, 0.15) is 6.10 Å². The van der Waals surface area contributed by atoms with Crippen molar-refractivity contribution in [3.63, 3.8) is 0 Å². The molecule has 5 heteroatoms. The molecule has 0 aromatic rings. The molecule has 0 aromatic heterocycles. The molecule has 1 saturated heterocycles. The summed E-state index contributed by atoms with van der Waals surface area (Å²) < 4.78 is 10.7. The van der Waals surface area contributed by atoms with Crippen LogP contribution in [-0.4, -0.2) is 55.9 Å². The molecule has 3 atom stereocenters. The predicted octanol–water partition coefficient (Wildman–Crippen LogP) is 0.376. The van der Waals surface area contributed by atoms with Gasteiger partial charge in [0.15, 0.2) is 0 Å². The van der Waals surface area contributed by atoms with Crippen LogP contribution in [-0.2, 0) is 14.3 Å². The minimum Gasteiger partial charge on any atom is -0.383 e. The van der Waals surface area contributed by atoms with E-state index in [1.54, 1.807) is 7.11 Å². The summed E-state index contributed by atoms with van der Waals surface area (Å²) in [6.45, 7) is 5.67. The van der Waals surface area contributed by atoms with Crippen molar-refractivity contribution >= 4 is 5.91 Å². The van der Waals surface area contributed by atoms with Crippen molar-refractivity contribution in [1.29, 1.82) is 0 Å². The number of hydrogen-bond donors (Lipinski definition) is 1. The van der Waals surface area contributed by atoms with E-state index in [4.69, 9.17) is 15.2 Å². The smallest absolute Gasteiger partial charge is 0.252 e. The minimum absolute atomic E-state index is 0.0420. The summed E-state index contributed by atoms with van der Waals surface area (Å²) in [4.78, 5) is 14.1. The fourth-order valence-electron chi connectivity index (χ4n) is 2.26. The molecule has 100 valence electrons. The first-order chi connectivity index (χ1) is 8.13. The number of carbonyl (C=O) groups is 1. The van der Waals surface area contributed by atoms with E-state index in [9.17, 15) is 4.79 Å². The monoisotopic (exact) mass is 244 g/mol. The number of hydrogen-bond acceptors (Lipinski definition) is 4. The summed E-state index contributed by atoms with van der Waals surface area (Å²) in [6.07, 6.45) is 1.38. The maximum atomic E-state index is 12.3. The van der Waals surface area contributed by atoms with Gasteiger partial charge in [0.25, 0.3) is 5.91 Å². The number of nitrogens with zero attached hydrogens (tertiary/aromatic N) is 1. The molecule has 0 bridgehead atoms. The van der Waals surface area contributed by atoms with E-state index in [2.05, 4.69) is 0 Å². The molecule has 0 aromatic carbocycles. The van der Waals surface area contributed by atoms with E-state index >= 15 is 0 Å². The van der Waals surface area contributed by atoms with Gasteiger partial charge in [-0.1, -0.05) is 0 Å². The second-order valence-corrected chi connectivity index (χ2v) is 4.49. The highest BCUT2D eigenvalue weighted by Gasteiger charge is 2.33. The molecule has 2 N–H and O–H groups in total. The number of rotatable bonds is 6. The average molecular weight is 244 g/mol. The van der Waals surface area contributed by atoms with Crippen LogP contribution in [0.5, 0.6) is 0 Å². The molecule has 1 heterocycles. The van der Waals surface area contributed by atoms with Crippen molar-refractivity contribution in [1.82, 2.24) is 4.90 Å². The SMILES string of the molecule is CCN(C(=O)C1CCC(CN)O1)C(C)COC. The van der Waals surface area contributed by atoms with Crippen molar-refractivity contribution in [2.45, 2.75) is 44.9 Å². The Balaban J connectivity index is 2.54. The zero-order chi connectivity index (χ0) is 12.8. The van der Waals surface area contributed by atoms with E-state index in [-0.39, 0.29) is 24.2 Å². The lowest BCUT2D eigenvalue weighted by molar-refractivity contribution is -0.145. The first-order valence-corrected chi connectivity index (χ1v) is 6.28. The van der Waals surface area contributed by atoms with E-state index in [1.165, 1.54) is 0 Å². The Morgan fingerprint density at radius 1 is 1.59 bits per heavy atom. The second kappa shape index (κ2) is 6.93. The molecular formula is C12H24N2O3. The first kappa shape index (κ1) is 14.4. The lowest BCUT2D eigenvalue weighted by Crippen LogP contribution is -2.46. The summed E-state index contributed by atoms with van der Waals surface area (Å²) in [6, 6.07) is 0.0815. The molecule has 5 nitrogen and oxygen atoms in total. The van der Waals surface area contributed by atoms with Crippen LogP contribution in [0.1, 0.15) is 26.7 Å². The zero-order valence-electron chi connectivity index (χ0n) is 11.0. The zero-order valence-corrected chi connectivity index (χ0v) is 11.0. The molecule has 1 rings (SSSR count). The Bertz CT molecular complexity index is 248. The van der Waals surface area contributed by atoms with Crippen LogP contribution in [0.25, 0.3) is 0 Å². The number of carbonyl (C=O) groups excluding carboxylic acids is 1. The normalized spacial score (nSPS) is 25.9. The van der Waals surface area contributed by atoms with Crippen molar-refractivity contribution in [3.8, 4) is 0 Å². The van der Waals surface area contributed by atoms with Gasteiger partial charge in [-0.3, -0.25) is 4.79 Å². The standard InChI is InChI=1S/C12H24N2O3/c1-4-14(9(2)8-16-3)12(15)11-6-5-10(7-13)17-11/h9-11H,4-8,13H2,1-3H3. The Kier molecular flexibility index (Phi) is 5.88. The summed E-state index contributed by atoms with van der Waals surface area (Å²) in [5.41, 5.74) is 5.54. The Morgan fingerprint density at radius 3 is 2.76 bits per heavy atom. The topological polar surface area (TPSA) is 64.8 Å². The van der Waals surface area contributed by atoms with Gasteiger partial charge in [-0.2, -0.15) is 0 Å². The van der Waals surface area contributed by atoms with Crippen molar-refractivity contribution in [2.75, 3.05) is 26.8 Å². The predicted molar refractivity (Wildman–Crippen MR) is 65.7 cm³/mol. The molecule has 1 aliphatic rings. The van der Waals surface area contributed by atoms with Crippen LogP contribution in [0.15, 0.2) is 0 Å². The van der Waals surface area contributed by atoms with E-state index in [0.717, 1.165) is 12.8 Å². The van der Waals surface area contributed by atoms with Crippen LogP contribution in [0.2, 0.25) is 0 Å². The maximum absolute atomic E-state index is 12.3. The van der Waals surface area contributed by atoms with Crippen molar-refractivity contribution in [2.24, 2.45) is 5.73 Å². The number of ether oxygens (including phenoxy) is 2. The first-order valence-electron chi connectivity index (χ1n) is 6.28. The fourth-order valence-corrected chi connectivity index (χ4v) is 2.26. The van der Waals surface area contributed by atoms with Crippen molar-refractivity contribution < 1.29 is 14.3 Å². The number of nitrogens with two attached hydrogens (primary N) is 1. The van der Waals surface area contributed by atoms with Gasteiger partial charge in [0.05, 0.1) is 18.8 Å². The quantitative estimate of drug-likeness (QED) is 0.733. The van der Waals surface area contributed by atoms with Gasteiger partial charge < -0.3 is 20.1 Å². The average Bonchev–Trinajstić information content (AvgIpc) is 2.78.